The van der Waals surface area contributed by atoms with E-state index in [1.165, 1.54) is 0 Å². The van der Waals surface area contributed by atoms with Crippen LogP contribution in [0.4, 0.5) is 0 Å². The SMILES string of the molecule is Cc1ccn(C(C)C(=O)NCc2cnn(C)c2C)n1. The molecule has 0 fully saturated rings. The van der Waals surface area contributed by atoms with Gasteiger partial charge >= 0.3 is 0 Å². The smallest absolute Gasteiger partial charge is 0.244 e. The van der Waals surface area contributed by atoms with Crippen LogP contribution < -0.4 is 5.32 Å². The predicted molar refractivity (Wildman–Crippen MR) is 71.5 cm³/mol. The second-order valence-electron chi connectivity index (χ2n) is 4.71. The number of carbonyl (C=O) groups excluding carboxylic acids is 1. The van der Waals surface area contributed by atoms with Crippen molar-refractivity contribution in [3.8, 4) is 0 Å². The highest BCUT2D eigenvalue weighted by Gasteiger charge is 2.15. The fraction of sp³-hybridized carbons (Fsp3) is 0.462. The first kappa shape index (κ1) is 13.3. The minimum Gasteiger partial charge on any atom is -0.350 e. The summed E-state index contributed by atoms with van der Waals surface area (Å²) in [5.74, 6) is -0.0497. The molecule has 0 saturated heterocycles. The Morgan fingerprint density at radius 2 is 2.21 bits per heavy atom. The second kappa shape index (κ2) is 5.26. The van der Waals surface area contributed by atoms with E-state index in [2.05, 4.69) is 15.5 Å². The molecule has 2 heterocycles. The van der Waals surface area contributed by atoms with Crippen LogP contribution in [-0.4, -0.2) is 25.5 Å². The average Bonchev–Trinajstić information content (AvgIpc) is 2.95. The molecule has 1 N–H and O–H groups in total. The maximum Gasteiger partial charge on any atom is 0.244 e. The minimum atomic E-state index is -0.314. The standard InChI is InChI=1S/C13H19N5O/c1-9-5-6-18(16-9)11(3)13(19)14-7-12-8-15-17(4)10(12)2/h5-6,8,11H,7H2,1-4H3,(H,14,19). The van der Waals surface area contributed by atoms with Gasteiger partial charge in [-0.2, -0.15) is 10.2 Å². The predicted octanol–water partition coefficient (Wildman–Crippen LogP) is 1.11. The lowest BCUT2D eigenvalue weighted by atomic mass is 10.2. The van der Waals surface area contributed by atoms with E-state index in [-0.39, 0.29) is 11.9 Å². The molecule has 19 heavy (non-hydrogen) atoms. The quantitative estimate of drug-likeness (QED) is 0.896. The van der Waals surface area contributed by atoms with Crippen molar-refractivity contribution in [1.82, 2.24) is 24.9 Å². The van der Waals surface area contributed by atoms with Crippen LogP contribution in [0.5, 0.6) is 0 Å². The molecule has 6 nitrogen and oxygen atoms in total. The number of hydrogen-bond donors (Lipinski definition) is 1. The Balaban J connectivity index is 1.96. The van der Waals surface area contributed by atoms with Gasteiger partial charge in [-0.15, -0.1) is 0 Å². The number of rotatable bonds is 4. The lowest BCUT2D eigenvalue weighted by molar-refractivity contribution is -0.124. The molecule has 102 valence electrons. The van der Waals surface area contributed by atoms with E-state index < -0.39 is 0 Å². The highest BCUT2D eigenvalue weighted by Crippen LogP contribution is 2.08. The van der Waals surface area contributed by atoms with Gasteiger partial charge in [0, 0.05) is 31.0 Å². The van der Waals surface area contributed by atoms with Crippen molar-refractivity contribution in [3.63, 3.8) is 0 Å². The number of nitrogens with one attached hydrogen (secondary N) is 1. The van der Waals surface area contributed by atoms with Gasteiger partial charge in [-0.25, -0.2) is 0 Å². The summed E-state index contributed by atoms with van der Waals surface area (Å²) < 4.78 is 3.46. The van der Waals surface area contributed by atoms with Gasteiger partial charge in [0.15, 0.2) is 0 Å². The zero-order chi connectivity index (χ0) is 14.0. The second-order valence-corrected chi connectivity index (χ2v) is 4.71. The van der Waals surface area contributed by atoms with Gasteiger partial charge < -0.3 is 5.32 Å². The Kier molecular flexibility index (Phi) is 3.69. The maximum absolute atomic E-state index is 12.0. The molecule has 0 bridgehead atoms. The topological polar surface area (TPSA) is 64.7 Å². The zero-order valence-corrected chi connectivity index (χ0v) is 11.7. The van der Waals surface area contributed by atoms with Crippen LogP contribution in [0.25, 0.3) is 0 Å². The van der Waals surface area contributed by atoms with Crippen LogP contribution in [0.1, 0.15) is 29.9 Å². The highest BCUT2D eigenvalue weighted by atomic mass is 16.2. The molecule has 0 aromatic carbocycles. The summed E-state index contributed by atoms with van der Waals surface area (Å²) in [7, 11) is 1.88. The molecule has 0 aliphatic rings. The first-order valence-corrected chi connectivity index (χ1v) is 6.26. The normalized spacial score (nSPS) is 12.4. The van der Waals surface area contributed by atoms with Crippen molar-refractivity contribution in [2.24, 2.45) is 7.05 Å². The fourth-order valence-corrected chi connectivity index (χ4v) is 1.82. The molecule has 0 saturated carbocycles. The highest BCUT2D eigenvalue weighted by molar-refractivity contribution is 5.79. The van der Waals surface area contributed by atoms with Crippen LogP contribution in [-0.2, 0) is 18.4 Å². The van der Waals surface area contributed by atoms with Gasteiger partial charge in [0.25, 0.3) is 0 Å². The monoisotopic (exact) mass is 261 g/mol. The van der Waals surface area contributed by atoms with Gasteiger partial charge in [-0.05, 0) is 26.8 Å². The van der Waals surface area contributed by atoms with Crippen LogP contribution in [0.3, 0.4) is 0 Å². The van der Waals surface area contributed by atoms with Crippen LogP contribution >= 0.6 is 0 Å². The van der Waals surface area contributed by atoms with Crippen LogP contribution in [0.15, 0.2) is 18.5 Å². The molecule has 6 heteroatoms. The Hall–Kier alpha value is -2.11. The van der Waals surface area contributed by atoms with E-state index in [0.29, 0.717) is 6.54 Å². The van der Waals surface area contributed by atoms with Crippen LogP contribution in [0, 0.1) is 13.8 Å². The molecule has 2 rings (SSSR count). The third-order valence-electron chi connectivity index (χ3n) is 3.31. The first-order valence-electron chi connectivity index (χ1n) is 6.26. The van der Waals surface area contributed by atoms with Crippen molar-refractivity contribution in [2.75, 3.05) is 0 Å². The Morgan fingerprint density at radius 1 is 1.47 bits per heavy atom. The van der Waals surface area contributed by atoms with E-state index >= 15 is 0 Å². The van der Waals surface area contributed by atoms with Crippen LogP contribution in [0.2, 0.25) is 0 Å². The van der Waals surface area contributed by atoms with Crippen molar-refractivity contribution in [1.29, 1.82) is 0 Å². The van der Waals surface area contributed by atoms with Gasteiger partial charge in [-0.3, -0.25) is 14.2 Å². The van der Waals surface area contributed by atoms with E-state index in [9.17, 15) is 4.79 Å². The molecule has 2 aromatic rings. The molecule has 2 aromatic heterocycles. The van der Waals surface area contributed by atoms with Crippen molar-refractivity contribution >= 4 is 5.91 Å². The fourth-order valence-electron chi connectivity index (χ4n) is 1.82. The largest absolute Gasteiger partial charge is 0.350 e. The molecule has 1 amide bonds. The summed E-state index contributed by atoms with van der Waals surface area (Å²) in [5, 5.41) is 11.3. The van der Waals surface area contributed by atoms with E-state index in [0.717, 1.165) is 17.0 Å². The lowest BCUT2D eigenvalue weighted by Crippen LogP contribution is -2.31. The maximum atomic E-state index is 12.0. The Bertz CT molecular complexity index is 584. The van der Waals surface area contributed by atoms with E-state index in [4.69, 9.17) is 0 Å². The van der Waals surface area contributed by atoms with Gasteiger partial charge in [0.2, 0.25) is 5.91 Å². The lowest BCUT2D eigenvalue weighted by Gasteiger charge is -2.12. The van der Waals surface area contributed by atoms with Gasteiger partial charge in [0.05, 0.1) is 11.9 Å². The molecule has 0 radical (unpaired) electrons. The number of amides is 1. The summed E-state index contributed by atoms with van der Waals surface area (Å²) in [5.41, 5.74) is 2.99. The van der Waals surface area contributed by atoms with Crippen molar-refractivity contribution < 1.29 is 4.79 Å². The van der Waals surface area contributed by atoms with Gasteiger partial charge in [0.1, 0.15) is 6.04 Å². The number of carbonyl (C=O) groups is 1. The Morgan fingerprint density at radius 3 is 2.74 bits per heavy atom. The molecule has 0 aliphatic carbocycles. The average molecular weight is 261 g/mol. The van der Waals surface area contributed by atoms with Gasteiger partial charge in [-0.1, -0.05) is 0 Å². The van der Waals surface area contributed by atoms with E-state index in [1.54, 1.807) is 15.6 Å². The number of aryl methyl sites for hydroxylation is 2. The molecule has 1 unspecified atom stereocenters. The molecule has 0 spiro atoms. The van der Waals surface area contributed by atoms with Crippen molar-refractivity contribution in [2.45, 2.75) is 33.4 Å². The summed E-state index contributed by atoms with van der Waals surface area (Å²) in [6.07, 6.45) is 3.59. The summed E-state index contributed by atoms with van der Waals surface area (Å²) in [6, 6.07) is 1.57. The minimum absolute atomic E-state index is 0.0497. The molecular weight excluding hydrogens is 242 g/mol. The Labute approximate surface area is 112 Å². The third kappa shape index (κ3) is 2.83. The van der Waals surface area contributed by atoms with E-state index in [1.807, 2.05) is 40.1 Å². The molecule has 1 atom stereocenters. The number of nitrogens with zero attached hydrogens (tertiary/aromatic N) is 4. The zero-order valence-electron chi connectivity index (χ0n) is 11.7. The summed E-state index contributed by atoms with van der Waals surface area (Å²) in [6.45, 7) is 6.20. The number of aromatic nitrogens is 4. The number of hydrogen-bond acceptors (Lipinski definition) is 3. The molecule has 0 aliphatic heterocycles. The van der Waals surface area contributed by atoms with Crippen molar-refractivity contribution in [3.05, 3.63) is 35.4 Å². The first-order chi connectivity index (χ1) is 8.99. The third-order valence-corrected chi connectivity index (χ3v) is 3.31. The molecular formula is C13H19N5O. The summed E-state index contributed by atoms with van der Waals surface area (Å²) in [4.78, 5) is 12.0. The summed E-state index contributed by atoms with van der Waals surface area (Å²) >= 11 is 0.